The van der Waals surface area contributed by atoms with E-state index in [1.54, 1.807) is 7.11 Å². The fourth-order valence-electron chi connectivity index (χ4n) is 4.54. The van der Waals surface area contributed by atoms with E-state index in [2.05, 4.69) is 102 Å². The summed E-state index contributed by atoms with van der Waals surface area (Å²) >= 11 is 0. The minimum Gasteiger partial charge on any atom is -0.383 e. The summed E-state index contributed by atoms with van der Waals surface area (Å²) in [5.41, 5.74) is 3.07. The third-order valence-corrected chi connectivity index (χ3v) is 6.22. The van der Waals surface area contributed by atoms with Crippen molar-refractivity contribution in [1.29, 1.82) is 0 Å². The monoisotopic (exact) mass is 416 g/mol. The first-order valence-corrected chi connectivity index (χ1v) is 11.0. The Morgan fingerprint density at radius 3 is 1.77 bits per heavy atom. The molecule has 3 aromatic carbocycles. The van der Waals surface area contributed by atoms with Crippen LogP contribution in [0, 0.1) is 0 Å². The average Bonchev–Trinajstić information content (AvgIpc) is 3.31. The average molecular weight is 417 g/mol. The Morgan fingerprint density at radius 2 is 1.35 bits per heavy atom. The molecule has 1 saturated heterocycles. The molecule has 4 heteroatoms. The lowest BCUT2D eigenvalue weighted by Crippen LogP contribution is -2.58. The second kappa shape index (κ2) is 10.2. The van der Waals surface area contributed by atoms with E-state index in [1.807, 2.05) is 0 Å². The number of hydrogen-bond acceptors (Lipinski definition) is 4. The van der Waals surface area contributed by atoms with Crippen LogP contribution < -0.4 is 10.6 Å². The highest BCUT2D eigenvalue weighted by Crippen LogP contribution is 2.37. The van der Waals surface area contributed by atoms with Crippen LogP contribution in [-0.4, -0.2) is 45.6 Å². The zero-order valence-corrected chi connectivity index (χ0v) is 18.2. The lowest BCUT2D eigenvalue weighted by atomic mass is 9.76. The molecule has 2 N–H and O–H groups in total. The van der Waals surface area contributed by atoms with Crippen LogP contribution in [0.25, 0.3) is 0 Å². The molecular weight excluding hydrogens is 384 g/mol. The molecule has 3 aromatic rings. The van der Waals surface area contributed by atoms with Gasteiger partial charge in [0.15, 0.2) is 0 Å². The Morgan fingerprint density at radius 1 is 0.839 bits per heavy atom. The van der Waals surface area contributed by atoms with Crippen LogP contribution in [0.15, 0.2) is 91.0 Å². The Balaban J connectivity index is 1.77. The number of methoxy groups -OCH3 is 1. The van der Waals surface area contributed by atoms with Crippen molar-refractivity contribution in [3.05, 3.63) is 108 Å². The topological polar surface area (TPSA) is 42.5 Å². The van der Waals surface area contributed by atoms with Crippen LogP contribution in [0.1, 0.15) is 23.1 Å². The summed E-state index contributed by atoms with van der Waals surface area (Å²) in [5, 5.41) is 7.72. The Labute approximate surface area is 185 Å². The van der Waals surface area contributed by atoms with Gasteiger partial charge in [0.05, 0.1) is 24.3 Å². The molecule has 1 atom stereocenters. The number of ether oxygens (including phenoxy) is 2. The second-order valence-corrected chi connectivity index (χ2v) is 8.20. The first-order chi connectivity index (χ1) is 15.3. The number of nitrogens with one attached hydrogen (secondary N) is 2. The summed E-state index contributed by atoms with van der Waals surface area (Å²) in [6, 6.07) is 32.2. The first-order valence-electron chi connectivity index (χ1n) is 11.0. The van der Waals surface area contributed by atoms with Gasteiger partial charge in [-0.25, -0.2) is 0 Å². The molecule has 4 nitrogen and oxygen atoms in total. The van der Waals surface area contributed by atoms with Crippen molar-refractivity contribution in [2.75, 3.05) is 40.0 Å². The molecule has 0 saturated carbocycles. The second-order valence-electron chi connectivity index (χ2n) is 8.20. The summed E-state index contributed by atoms with van der Waals surface area (Å²) in [6.07, 6.45) is 0.970. The highest BCUT2D eigenvalue weighted by atomic mass is 16.5. The molecule has 0 radical (unpaired) electrons. The summed E-state index contributed by atoms with van der Waals surface area (Å²) in [6.45, 7) is 3.73. The van der Waals surface area contributed by atoms with E-state index in [1.165, 1.54) is 16.7 Å². The zero-order chi connectivity index (χ0) is 21.4. The van der Waals surface area contributed by atoms with Crippen LogP contribution in [0.2, 0.25) is 0 Å². The first kappa shape index (κ1) is 21.7. The van der Waals surface area contributed by atoms with Crippen molar-refractivity contribution in [3.63, 3.8) is 0 Å². The third-order valence-electron chi connectivity index (χ3n) is 6.22. The SMILES string of the molecule is COCCN[C@]1(CNC(c2ccccc2)(c2ccccc2)c2ccccc2)CCOC1. The van der Waals surface area contributed by atoms with E-state index < -0.39 is 5.54 Å². The van der Waals surface area contributed by atoms with Gasteiger partial charge in [-0.1, -0.05) is 91.0 Å². The molecule has 0 aliphatic carbocycles. The van der Waals surface area contributed by atoms with Crippen LogP contribution in [0.4, 0.5) is 0 Å². The van der Waals surface area contributed by atoms with Crippen molar-refractivity contribution in [3.8, 4) is 0 Å². The van der Waals surface area contributed by atoms with Gasteiger partial charge in [0.1, 0.15) is 0 Å². The highest BCUT2D eigenvalue weighted by Gasteiger charge is 2.41. The highest BCUT2D eigenvalue weighted by molar-refractivity contribution is 5.49. The molecule has 0 unspecified atom stereocenters. The number of rotatable bonds is 10. The molecule has 1 aliphatic heterocycles. The van der Waals surface area contributed by atoms with Gasteiger partial charge in [0.2, 0.25) is 0 Å². The molecular formula is C27H32N2O2. The van der Waals surface area contributed by atoms with Gasteiger partial charge >= 0.3 is 0 Å². The van der Waals surface area contributed by atoms with Crippen LogP contribution in [0.5, 0.6) is 0 Å². The van der Waals surface area contributed by atoms with Crippen molar-refractivity contribution < 1.29 is 9.47 Å². The maximum absolute atomic E-state index is 5.83. The van der Waals surface area contributed by atoms with Crippen LogP contribution in [0.3, 0.4) is 0 Å². The van der Waals surface area contributed by atoms with Gasteiger partial charge in [0.25, 0.3) is 0 Å². The lowest BCUT2D eigenvalue weighted by Gasteiger charge is -2.40. The van der Waals surface area contributed by atoms with Gasteiger partial charge in [-0.2, -0.15) is 0 Å². The Bertz CT molecular complexity index is 813. The van der Waals surface area contributed by atoms with E-state index in [0.717, 1.165) is 26.1 Å². The van der Waals surface area contributed by atoms with Crippen molar-refractivity contribution >= 4 is 0 Å². The van der Waals surface area contributed by atoms with Crippen LogP contribution >= 0.6 is 0 Å². The molecule has 1 heterocycles. The smallest absolute Gasteiger partial charge is 0.0948 e. The Hall–Kier alpha value is -2.50. The summed E-state index contributed by atoms with van der Waals surface area (Å²) in [5.74, 6) is 0. The summed E-state index contributed by atoms with van der Waals surface area (Å²) < 4.78 is 11.1. The van der Waals surface area contributed by atoms with E-state index in [4.69, 9.17) is 9.47 Å². The molecule has 31 heavy (non-hydrogen) atoms. The molecule has 1 aliphatic rings. The Kier molecular flexibility index (Phi) is 7.15. The van der Waals surface area contributed by atoms with Gasteiger partial charge in [-0.3, -0.25) is 5.32 Å². The largest absolute Gasteiger partial charge is 0.383 e. The fraction of sp³-hybridized carbons (Fsp3) is 0.333. The van der Waals surface area contributed by atoms with Crippen molar-refractivity contribution in [1.82, 2.24) is 10.6 Å². The van der Waals surface area contributed by atoms with Gasteiger partial charge in [-0.15, -0.1) is 0 Å². The molecule has 0 bridgehead atoms. The fourth-order valence-corrected chi connectivity index (χ4v) is 4.54. The maximum atomic E-state index is 5.83. The molecule has 0 amide bonds. The standard InChI is InChI=1S/C27H32N2O2/c1-30-20-18-28-26(17-19-31-22-26)21-29-27(23-11-5-2-6-12-23,24-13-7-3-8-14-24)25-15-9-4-10-16-25/h2-16,28-29H,17-22H2,1H3/t26-/m0/s1. The molecule has 1 fully saturated rings. The van der Waals surface area contributed by atoms with Gasteiger partial charge in [0, 0.05) is 26.8 Å². The predicted molar refractivity (Wildman–Crippen MR) is 125 cm³/mol. The van der Waals surface area contributed by atoms with E-state index in [0.29, 0.717) is 13.2 Å². The zero-order valence-electron chi connectivity index (χ0n) is 18.2. The molecule has 162 valence electrons. The number of benzene rings is 3. The predicted octanol–water partition coefficient (Wildman–Crippen LogP) is 3.96. The van der Waals surface area contributed by atoms with E-state index in [9.17, 15) is 0 Å². The van der Waals surface area contributed by atoms with Gasteiger partial charge in [-0.05, 0) is 23.1 Å². The van der Waals surface area contributed by atoms with Gasteiger partial charge < -0.3 is 14.8 Å². The quantitative estimate of drug-likeness (QED) is 0.388. The number of hydrogen-bond donors (Lipinski definition) is 2. The molecule has 4 rings (SSSR count). The van der Waals surface area contributed by atoms with Crippen molar-refractivity contribution in [2.45, 2.75) is 17.5 Å². The third kappa shape index (κ3) is 4.73. The maximum Gasteiger partial charge on any atom is 0.0948 e. The minimum absolute atomic E-state index is 0.123. The summed E-state index contributed by atoms with van der Waals surface area (Å²) in [7, 11) is 1.74. The van der Waals surface area contributed by atoms with E-state index in [-0.39, 0.29) is 5.54 Å². The molecule has 0 spiro atoms. The van der Waals surface area contributed by atoms with Crippen molar-refractivity contribution in [2.24, 2.45) is 0 Å². The summed E-state index contributed by atoms with van der Waals surface area (Å²) in [4.78, 5) is 0. The normalized spacial score (nSPS) is 18.9. The van der Waals surface area contributed by atoms with E-state index >= 15 is 0 Å². The lowest BCUT2D eigenvalue weighted by molar-refractivity contribution is 0.148. The minimum atomic E-state index is -0.470. The van der Waals surface area contributed by atoms with Crippen LogP contribution in [-0.2, 0) is 15.0 Å². The molecule has 0 aromatic heterocycles.